The Balaban J connectivity index is 1.77. The first-order chi connectivity index (χ1) is 15.6. The quantitative estimate of drug-likeness (QED) is 0.385. The van der Waals surface area contributed by atoms with Crippen LogP contribution in [-0.4, -0.2) is 31.7 Å². The van der Waals surface area contributed by atoms with E-state index < -0.39 is 17.8 Å². The second-order valence-corrected chi connectivity index (χ2v) is 7.44. The Bertz CT molecular complexity index is 1140. The van der Waals surface area contributed by atoms with Crippen LogP contribution in [0, 0.1) is 5.92 Å². The van der Waals surface area contributed by atoms with Gasteiger partial charge in [0.25, 0.3) is 0 Å². The summed E-state index contributed by atoms with van der Waals surface area (Å²) >= 11 is 0. The van der Waals surface area contributed by atoms with Crippen LogP contribution in [0.5, 0.6) is 11.5 Å². The highest BCUT2D eigenvalue weighted by Crippen LogP contribution is 2.39. The summed E-state index contributed by atoms with van der Waals surface area (Å²) in [6.07, 6.45) is 0.102. The van der Waals surface area contributed by atoms with Gasteiger partial charge in [-0.3, -0.25) is 4.79 Å². The van der Waals surface area contributed by atoms with Gasteiger partial charge in [0.2, 0.25) is 0 Å². The molecule has 1 heterocycles. The Labute approximate surface area is 186 Å². The average molecular weight is 429 g/mol. The van der Waals surface area contributed by atoms with E-state index in [1.807, 2.05) is 54.6 Å². The van der Waals surface area contributed by atoms with Crippen LogP contribution >= 0.6 is 0 Å². The van der Waals surface area contributed by atoms with Gasteiger partial charge in [0.1, 0.15) is 11.6 Å². The smallest absolute Gasteiger partial charge is 0.344 e. The maximum Gasteiger partial charge on any atom is 0.344 e. The first-order valence-electron chi connectivity index (χ1n) is 10.3. The van der Waals surface area contributed by atoms with Crippen LogP contribution in [0.3, 0.4) is 0 Å². The molecule has 0 fully saturated rings. The normalized spacial score (nSPS) is 16.1. The number of methoxy groups -OCH3 is 2. The molecule has 3 aromatic carbocycles. The van der Waals surface area contributed by atoms with E-state index in [1.54, 1.807) is 38.5 Å². The Hall–Kier alpha value is -3.93. The van der Waals surface area contributed by atoms with Gasteiger partial charge in [-0.25, -0.2) is 4.79 Å². The van der Waals surface area contributed by atoms with E-state index in [2.05, 4.69) is 5.16 Å². The fraction of sp³-hybridized carbons (Fsp3) is 0.192. The van der Waals surface area contributed by atoms with Gasteiger partial charge in [0, 0.05) is 23.5 Å². The van der Waals surface area contributed by atoms with E-state index in [0.29, 0.717) is 22.8 Å². The molecular formula is C26H23NO5. The van der Waals surface area contributed by atoms with Gasteiger partial charge < -0.3 is 14.3 Å². The molecule has 0 N–H and O–H groups in total. The van der Waals surface area contributed by atoms with E-state index in [9.17, 15) is 9.59 Å². The first-order valence-corrected chi connectivity index (χ1v) is 10.3. The first kappa shape index (κ1) is 21.3. The lowest BCUT2D eigenvalue weighted by atomic mass is 9.77. The molecule has 2 unspecified atom stereocenters. The van der Waals surface area contributed by atoms with Gasteiger partial charge in [-0.2, -0.15) is 0 Å². The molecular weight excluding hydrogens is 406 g/mol. The van der Waals surface area contributed by atoms with Gasteiger partial charge >= 0.3 is 5.97 Å². The molecule has 0 radical (unpaired) electrons. The minimum absolute atomic E-state index is 0.0718. The number of ether oxygens (including phenoxy) is 2. The van der Waals surface area contributed by atoms with E-state index in [1.165, 1.54) is 0 Å². The Morgan fingerprint density at radius 2 is 1.59 bits per heavy atom. The standard InChI is InChI=1S/C26H23NO5/c1-30-22-14-13-19(15-23(22)31-2)20(16-21(28)17-9-5-3-6-10-17)24-25(27-32-26(24)29)18-11-7-4-8-12-18/h3-15,20,24H,16H2,1-2H3. The molecule has 2 atom stereocenters. The summed E-state index contributed by atoms with van der Waals surface area (Å²) in [7, 11) is 3.11. The second kappa shape index (κ2) is 9.47. The van der Waals surface area contributed by atoms with Gasteiger partial charge in [0.15, 0.2) is 17.3 Å². The maximum atomic E-state index is 13.2. The van der Waals surface area contributed by atoms with Crippen molar-refractivity contribution in [2.75, 3.05) is 14.2 Å². The number of benzene rings is 3. The summed E-state index contributed by atoms with van der Waals surface area (Å²) in [5.74, 6) is -0.705. The van der Waals surface area contributed by atoms with Crippen molar-refractivity contribution in [3.8, 4) is 11.5 Å². The largest absolute Gasteiger partial charge is 0.493 e. The van der Waals surface area contributed by atoms with Crippen LogP contribution in [0.2, 0.25) is 0 Å². The number of rotatable bonds is 8. The zero-order chi connectivity index (χ0) is 22.5. The van der Waals surface area contributed by atoms with Crippen molar-refractivity contribution in [2.24, 2.45) is 11.1 Å². The second-order valence-electron chi connectivity index (χ2n) is 7.44. The third kappa shape index (κ3) is 4.25. The van der Waals surface area contributed by atoms with E-state index in [-0.39, 0.29) is 12.2 Å². The van der Waals surface area contributed by atoms with Gasteiger partial charge in [-0.15, -0.1) is 0 Å². The maximum absolute atomic E-state index is 13.2. The van der Waals surface area contributed by atoms with Crippen LogP contribution in [0.15, 0.2) is 84.0 Å². The summed E-state index contributed by atoms with van der Waals surface area (Å²) in [4.78, 5) is 31.1. The fourth-order valence-corrected chi connectivity index (χ4v) is 3.97. The van der Waals surface area contributed by atoms with Crippen molar-refractivity contribution in [1.82, 2.24) is 0 Å². The number of carbonyl (C=O) groups is 2. The Morgan fingerprint density at radius 3 is 2.25 bits per heavy atom. The van der Waals surface area contributed by atoms with Crippen LogP contribution in [0.25, 0.3) is 0 Å². The molecule has 32 heavy (non-hydrogen) atoms. The molecule has 6 heteroatoms. The topological polar surface area (TPSA) is 74.2 Å². The minimum Gasteiger partial charge on any atom is -0.493 e. The third-order valence-corrected chi connectivity index (χ3v) is 5.59. The summed E-state index contributed by atoms with van der Waals surface area (Å²) in [5.41, 5.74) is 2.64. The van der Waals surface area contributed by atoms with E-state index >= 15 is 0 Å². The molecule has 0 spiro atoms. The highest BCUT2D eigenvalue weighted by molar-refractivity contribution is 6.15. The molecule has 3 aromatic rings. The lowest BCUT2D eigenvalue weighted by Crippen LogP contribution is -2.28. The van der Waals surface area contributed by atoms with Crippen LogP contribution in [0.1, 0.15) is 33.8 Å². The summed E-state index contributed by atoms with van der Waals surface area (Å²) in [6, 6.07) is 23.8. The predicted molar refractivity (Wildman–Crippen MR) is 120 cm³/mol. The van der Waals surface area contributed by atoms with E-state index in [4.69, 9.17) is 14.3 Å². The summed E-state index contributed by atoms with van der Waals surface area (Å²) in [6.45, 7) is 0. The van der Waals surface area contributed by atoms with Crippen molar-refractivity contribution in [2.45, 2.75) is 12.3 Å². The summed E-state index contributed by atoms with van der Waals surface area (Å²) < 4.78 is 10.8. The predicted octanol–water partition coefficient (Wildman–Crippen LogP) is 4.64. The number of hydrogen-bond donors (Lipinski definition) is 0. The van der Waals surface area contributed by atoms with Crippen molar-refractivity contribution in [3.05, 3.63) is 95.6 Å². The SMILES string of the molecule is COc1ccc(C(CC(=O)c2ccccc2)C2C(=O)ON=C2c2ccccc2)cc1OC. The zero-order valence-electron chi connectivity index (χ0n) is 17.9. The number of ketones is 1. The van der Waals surface area contributed by atoms with Crippen LogP contribution < -0.4 is 9.47 Å². The summed E-state index contributed by atoms with van der Waals surface area (Å²) in [5, 5.41) is 4.07. The molecule has 162 valence electrons. The highest BCUT2D eigenvalue weighted by atomic mass is 16.7. The van der Waals surface area contributed by atoms with Crippen molar-refractivity contribution >= 4 is 17.5 Å². The van der Waals surface area contributed by atoms with Crippen LogP contribution in [0.4, 0.5) is 0 Å². The molecule has 4 rings (SSSR count). The van der Waals surface area contributed by atoms with E-state index in [0.717, 1.165) is 11.1 Å². The molecule has 0 aliphatic carbocycles. The number of oxime groups is 1. The molecule has 0 amide bonds. The lowest BCUT2D eigenvalue weighted by molar-refractivity contribution is -0.143. The highest BCUT2D eigenvalue weighted by Gasteiger charge is 2.42. The minimum atomic E-state index is -0.733. The molecule has 0 saturated heterocycles. The third-order valence-electron chi connectivity index (χ3n) is 5.59. The monoisotopic (exact) mass is 429 g/mol. The molecule has 1 aliphatic rings. The number of carbonyl (C=O) groups excluding carboxylic acids is 2. The Kier molecular flexibility index (Phi) is 6.31. The van der Waals surface area contributed by atoms with Gasteiger partial charge in [-0.05, 0) is 17.7 Å². The molecule has 0 bridgehead atoms. The average Bonchev–Trinajstić information content (AvgIpc) is 3.24. The lowest BCUT2D eigenvalue weighted by Gasteiger charge is -2.23. The van der Waals surface area contributed by atoms with Gasteiger partial charge in [-0.1, -0.05) is 71.9 Å². The van der Waals surface area contributed by atoms with Gasteiger partial charge in [0.05, 0.1) is 14.2 Å². The number of Topliss-reactive ketones (excluding diaryl/α,β-unsaturated/α-hetero) is 1. The van der Waals surface area contributed by atoms with Crippen LogP contribution in [-0.2, 0) is 9.63 Å². The zero-order valence-corrected chi connectivity index (χ0v) is 17.9. The molecule has 1 aliphatic heterocycles. The number of hydrogen-bond acceptors (Lipinski definition) is 6. The Morgan fingerprint density at radius 1 is 0.938 bits per heavy atom. The number of nitrogens with zero attached hydrogens (tertiary/aromatic N) is 1. The molecule has 6 nitrogen and oxygen atoms in total. The molecule has 0 aromatic heterocycles. The molecule has 0 saturated carbocycles. The van der Waals surface area contributed by atoms with Crippen molar-refractivity contribution in [3.63, 3.8) is 0 Å². The fourth-order valence-electron chi connectivity index (χ4n) is 3.97. The van der Waals surface area contributed by atoms with Crippen molar-refractivity contribution in [1.29, 1.82) is 0 Å². The van der Waals surface area contributed by atoms with Crippen molar-refractivity contribution < 1.29 is 23.9 Å².